The fraction of sp³-hybridized carbons (Fsp3) is 0.429. The maximum Gasteiger partial charge on any atom is 0.253 e. The molecule has 5 nitrogen and oxygen atoms in total. The highest BCUT2D eigenvalue weighted by molar-refractivity contribution is 5.94. The van der Waals surface area contributed by atoms with E-state index in [1.165, 1.54) is 5.56 Å². The maximum atomic E-state index is 13.0. The zero-order valence-electron chi connectivity index (χ0n) is 19.1. The SMILES string of the molecule is O=C(c1ccc(C[C@@H]2CC[C@H]([C@H](O)c3ccccc3)C2)cc1)N1CCC(n2cccn2)CC1. The van der Waals surface area contributed by atoms with Gasteiger partial charge in [-0.1, -0.05) is 42.5 Å². The van der Waals surface area contributed by atoms with Crippen molar-refractivity contribution in [3.8, 4) is 0 Å². The van der Waals surface area contributed by atoms with Gasteiger partial charge in [0.05, 0.1) is 12.1 Å². The minimum atomic E-state index is -0.367. The van der Waals surface area contributed by atoms with Crippen LogP contribution in [-0.4, -0.2) is 38.8 Å². The predicted octanol–water partition coefficient (Wildman–Crippen LogP) is 5.05. The Morgan fingerprint density at radius 2 is 1.73 bits per heavy atom. The molecule has 1 saturated carbocycles. The highest BCUT2D eigenvalue weighted by Gasteiger charge is 2.31. The van der Waals surface area contributed by atoms with Gasteiger partial charge in [0.15, 0.2) is 0 Å². The van der Waals surface area contributed by atoms with Crippen molar-refractivity contribution in [3.05, 3.63) is 89.7 Å². The fourth-order valence-corrected chi connectivity index (χ4v) is 5.64. The van der Waals surface area contributed by atoms with Crippen molar-refractivity contribution in [2.24, 2.45) is 11.8 Å². The second-order valence-corrected chi connectivity index (χ2v) is 9.71. The molecule has 1 aromatic heterocycles. The van der Waals surface area contributed by atoms with Crippen molar-refractivity contribution in [2.45, 2.75) is 50.7 Å². The lowest BCUT2D eigenvalue weighted by Crippen LogP contribution is -2.39. The van der Waals surface area contributed by atoms with E-state index in [0.29, 0.717) is 17.9 Å². The number of aromatic nitrogens is 2. The van der Waals surface area contributed by atoms with Crippen LogP contribution in [0.4, 0.5) is 0 Å². The van der Waals surface area contributed by atoms with Gasteiger partial charge in [0.2, 0.25) is 0 Å². The largest absolute Gasteiger partial charge is 0.388 e. The summed E-state index contributed by atoms with van der Waals surface area (Å²) in [4.78, 5) is 15.0. The zero-order valence-corrected chi connectivity index (χ0v) is 19.1. The number of piperidine rings is 1. The van der Waals surface area contributed by atoms with Crippen LogP contribution in [0.15, 0.2) is 73.1 Å². The molecule has 1 N–H and O–H groups in total. The number of benzene rings is 2. The molecule has 1 aliphatic heterocycles. The maximum absolute atomic E-state index is 13.0. The Kier molecular flexibility index (Phi) is 6.58. The van der Waals surface area contributed by atoms with Crippen LogP contribution in [0.2, 0.25) is 0 Å². The van der Waals surface area contributed by atoms with Gasteiger partial charge in [-0.05, 0) is 79.7 Å². The molecule has 3 aromatic rings. The van der Waals surface area contributed by atoms with Crippen LogP contribution in [0.3, 0.4) is 0 Å². The first-order valence-corrected chi connectivity index (χ1v) is 12.3. The molecule has 172 valence electrons. The first-order chi connectivity index (χ1) is 16.2. The summed E-state index contributed by atoms with van der Waals surface area (Å²) in [5, 5.41) is 15.1. The van der Waals surface area contributed by atoms with Gasteiger partial charge < -0.3 is 10.0 Å². The van der Waals surface area contributed by atoms with Gasteiger partial charge in [-0.2, -0.15) is 5.10 Å². The molecule has 3 atom stereocenters. The van der Waals surface area contributed by atoms with E-state index in [1.807, 2.05) is 70.5 Å². The van der Waals surface area contributed by atoms with Crippen molar-refractivity contribution in [3.63, 3.8) is 0 Å². The number of carbonyl (C=O) groups excluding carboxylic acids is 1. The van der Waals surface area contributed by atoms with Gasteiger partial charge in [0, 0.05) is 31.0 Å². The molecule has 5 rings (SSSR count). The van der Waals surface area contributed by atoms with Crippen molar-refractivity contribution < 1.29 is 9.90 Å². The van der Waals surface area contributed by atoms with Crippen LogP contribution >= 0.6 is 0 Å². The third-order valence-electron chi connectivity index (χ3n) is 7.55. The summed E-state index contributed by atoms with van der Waals surface area (Å²) in [6.07, 6.45) is 9.66. The first-order valence-electron chi connectivity index (χ1n) is 12.3. The van der Waals surface area contributed by atoms with Gasteiger partial charge in [-0.3, -0.25) is 9.48 Å². The monoisotopic (exact) mass is 443 g/mol. The van der Waals surface area contributed by atoms with Crippen LogP contribution in [0.1, 0.15) is 65.7 Å². The normalized spacial score (nSPS) is 22.4. The van der Waals surface area contributed by atoms with Crippen molar-refractivity contribution in [1.29, 1.82) is 0 Å². The van der Waals surface area contributed by atoms with E-state index in [9.17, 15) is 9.90 Å². The Bertz CT molecular complexity index is 1020. The van der Waals surface area contributed by atoms with Crippen LogP contribution in [-0.2, 0) is 6.42 Å². The lowest BCUT2D eigenvalue weighted by atomic mass is 9.91. The Morgan fingerprint density at radius 3 is 2.42 bits per heavy atom. The second-order valence-electron chi connectivity index (χ2n) is 9.71. The molecule has 0 unspecified atom stereocenters. The Labute approximate surface area is 196 Å². The number of hydrogen-bond donors (Lipinski definition) is 1. The van der Waals surface area contributed by atoms with Gasteiger partial charge in [-0.15, -0.1) is 0 Å². The van der Waals surface area contributed by atoms with Crippen LogP contribution in [0.5, 0.6) is 0 Å². The molecule has 2 aliphatic rings. The second kappa shape index (κ2) is 9.92. The quantitative estimate of drug-likeness (QED) is 0.580. The molecule has 5 heteroatoms. The molecular weight excluding hydrogens is 410 g/mol. The van der Waals surface area contributed by atoms with E-state index in [0.717, 1.165) is 62.7 Å². The highest BCUT2D eigenvalue weighted by atomic mass is 16.3. The number of hydrogen-bond acceptors (Lipinski definition) is 3. The van der Waals surface area contributed by atoms with E-state index in [2.05, 4.69) is 17.2 Å². The number of amides is 1. The van der Waals surface area contributed by atoms with Crippen molar-refractivity contribution >= 4 is 5.91 Å². The molecule has 0 bridgehead atoms. The van der Waals surface area contributed by atoms with E-state index >= 15 is 0 Å². The molecule has 2 heterocycles. The summed E-state index contributed by atoms with van der Waals surface area (Å²) in [6, 6.07) is 20.6. The molecular formula is C28H33N3O2. The Balaban J connectivity index is 1.12. The smallest absolute Gasteiger partial charge is 0.253 e. The van der Waals surface area contributed by atoms with E-state index < -0.39 is 0 Å². The number of aliphatic hydroxyl groups excluding tert-OH is 1. The summed E-state index contributed by atoms with van der Waals surface area (Å²) in [5.74, 6) is 1.06. The van der Waals surface area contributed by atoms with Crippen LogP contribution in [0, 0.1) is 11.8 Å². The fourth-order valence-electron chi connectivity index (χ4n) is 5.64. The van der Waals surface area contributed by atoms with E-state index in [4.69, 9.17) is 0 Å². The molecule has 1 amide bonds. The number of nitrogens with zero attached hydrogens (tertiary/aromatic N) is 3. The summed E-state index contributed by atoms with van der Waals surface area (Å²) in [6.45, 7) is 1.55. The summed E-state index contributed by atoms with van der Waals surface area (Å²) < 4.78 is 2.02. The van der Waals surface area contributed by atoms with Crippen LogP contribution in [0.25, 0.3) is 0 Å². The molecule has 2 aromatic carbocycles. The average molecular weight is 444 g/mol. The summed E-state index contributed by atoms with van der Waals surface area (Å²) in [7, 11) is 0. The number of likely N-dealkylation sites (tertiary alicyclic amines) is 1. The van der Waals surface area contributed by atoms with Crippen LogP contribution < -0.4 is 0 Å². The minimum Gasteiger partial charge on any atom is -0.388 e. The lowest BCUT2D eigenvalue weighted by molar-refractivity contribution is 0.0690. The summed E-state index contributed by atoms with van der Waals surface area (Å²) in [5.41, 5.74) is 3.09. The molecule has 33 heavy (non-hydrogen) atoms. The Morgan fingerprint density at radius 1 is 0.970 bits per heavy atom. The molecule has 0 radical (unpaired) electrons. The Hall–Kier alpha value is -2.92. The zero-order chi connectivity index (χ0) is 22.6. The topological polar surface area (TPSA) is 58.4 Å². The molecule has 2 fully saturated rings. The van der Waals surface area contributed by atoms with Crippen molar-refractivity contribution in [2.75, 3.05) is 13.1 Å². The van der Waals surface area contributed by atoms with Crippen molar-refractivity contribution in [1.82, 2.24) is 14.7 Å². The van der Waals surface area contributed by atoms with Gasteiger partial charge >= 0.3 is 0 Å². The number of rotatable bonds is 6. The molecule has 1 saturated heterocycles. The average Bonchev–Trinajstić information content (AvgIpc) is 3.57. The van der Waals surface area contributed by atoms with E-state index in [-0.39, 0.29) is 12.0 Å². The van der Waals surface area contributed by atoms with Gasteiger partial charge in [0.1, 0.15) is 0 Å². The van der Waals surface area contributed by atoms with Gasteiger partial charge in [0.25, 0.3) is 5.91 Å². The third kappa shape index (κ3) is 5.03. The molecule has 0 spiro atoms. The minimum absolute atomic E-state index is 0.132. The third-order valence-corrected chi connectivity index (χ3v) is 7.55. The summed E-state index contributed by atoms with van der Waals surface area (Å²) >= 11 is 0. The molecule has 1 aliphatic carbocycles. The standard InChI is InChI=1S/C28H33N3O2/c32-27(23-5-2-1-3-6-23)25-12-9-22(20-25)19-21-7-10-24(11-8-21)28(33)30-17-13-26(14-18-30)31-16-4-15-29-31/h1-8,10-11,15-16,22,25-27,32H,9,12-14,17-20H2/t22-,25-,27+/m0/s1. The number of aliphatic hydroxyl groups is 1. The predicted molar refractivity (Wildman–Crippen MR) is 129 cm³/mol. The first kappa shape index (κ1) is 21.9. The lowest BCUT2D eigenvalue weighted by Gasteiger charge is -2.32. The number of carbonyl (C=O) groups is 1. The van der Waals surface area contributed by atoms with E-state index in [1.54, 1.807) is 0 Å². The van der Waals surface area contributed by atoms with Gasteiger partial charge in [-0.25, -0.2) is 0 Å². The highest BCUT2D eigenvalue weighted by Crippen LogP contribution is 2.40.